The molecule has 2 aliphatic carbocycles. The molecule has 2 rings (SSSR count). The Labute approximate surface area is 118 Å². The van der Waals surface area contributed by atoms with E-state index in [1.165, 1.54) is 44.8 Å². The first-order valence-electron chi connectivity index (χ1n) is 7.89. The van der Waals surface area contributed by atoms with Crippen molar-refractivity contribution in [3.05, 3.63) is 0 Å². The molecule has 3 unspecified atom stereocenters. The van der Waals surface area contributed by atoms with Gasteiger partial charge in [0.1, 0.15) is 9.84 Å². The lowest BCUT2D eigenvalue weighted by Gasteiger charge is -2.36. The average molecular weight is 287 g/mol. The predicted octanol–water partition coefficient (Wildman–Crippen LogP) is 2.62. The van der Waals surface area contributed by atoms with E-state index in [-0.39, 0.29) is 0 Å². The Morgan fingerprint density at radius 1 is 1.11 bits per heavy atom. The van der Waals surface area contributed by atoms with Crippen molar-refractivity contribution in [3.8, 4) is 0 Å². The summed E-state index contributed by atoms with van der Waals surface area (Å²) in [6.07, 6.45) is 10.0. The summed E-state index contributed by atoms with van der Waals surface area (Å²) in [7, 11) is -2.81. The molecule has 2 fully saturated rings. The van der Waals surface area contributed by atoms with E-state index in [0.29, 0.717) is 17.6 Å². The summed E-state index contributed by atoms with van der Waals surface area (Å²) in [6, 6.07) is 0.763. The highest BCUT2D eigenvalue weighted by Crippen LogP contribution is 2.37. The predicted molar refractivity (Wildman–Crippen MR) is 80.0 cm³/mol. The lowest BCUT2D eigenvalue weighted by Crippen LogP contribution is -2.34. The molecule has 2 saturated carbocycles. The highest BCUT2D eigenvalue weighted by molar-refractivity contribution is 7.90. The molecule has 4 heteroatoms. The third-order valence-corrected chi connectivity index (χ3v) is 5.91. The van der Waals surface area contributed by atoms with Gasteiger partial charge >= 0.3 is 0 Å². The monoisotopic (exact) mass is 287 g/mol. The summed E-state index contributed by atoms with van der Waals surface area (Å²) in [6.45, 7) is 3.37. The third kappa shape index (κ3) is 5.42. The lowest BCUT2D eigenvalue weighted by atomic mass is 9.72. The molecule has 0 aromatic heterocycles. The summed E-state index contributed by atoms with van der Waals surface area (Å²) >= 11 is 0. The second kappa shape index (κ2) is 6.57. The Morgan fingerprint density at radius 3 is 2.42 bits per heavy atom. The number of rotatable bonds is 7. The van der Waals surface area contributed by atoms with E-state index < -0.39 is 9.84 Å². The van der Waals surface area contributed by atoms with Gasteiger partial charge in [-0.05, 0) is 56.4 Å². The molecule has 0 aliphatic heterocycles. The van der Waals surface area contributed by atoms with Crippen LogP contribution in [0.1, 0.15) is 51.9 Å². The van der Waals surface area contributed by atoms with Gasteiger partial charge in [0.15, 0.2) is 0 Å². The van der Waals surface area contributed by atoms with E-state index in [2.05, 4.69) is 12.2 Å². The molecule has 19 heavy (non-hydrogen) atoms. The Morgan fingerprint density at radius 2 is 1.84 bits per heavy atom. The molecule has 3 atom stereocenters. The van der Waals surface area contributed by atoms with E-state index >= 15 is 0 Å². The summed E-state index contributed by atoms with van der Waals surface area (Å²) < 4.78 is 22.8. The Bertz CT molecular complexity index is 376. The van der Waals surface area contributed by atoms with Crippen molar-refractivity contribution in [2.45, 2.75) is 57.9 Å². The van der Waals surface area contributed by atoms with Gasteiger partial charge in [0.2, 0.25) is 0 Å². The highest BCUT2D eigenvalue weighted by atomic mass is 32.2. The van der Waals surface area contributed by atoms with Crippen LogP contribution in [0.4, 0.5) is 0 Å². The maximum atomic E-state index is 11.4. The topological polar surface area (TPSA) is 46.2 Å². The van der Waals surface area contributed by atoms with Crippen LogP contribution in [-0.2, 0) is 9.84 Å². The van der Waals surface area contributed by atoms with Crippen LogP contribution in [0, 0.1) is 17.8 Å². The third-order valence-electron chi connectivity index (χ3n) is 4.93. The first-order chi connectivity index (χ1) is 8.98. The quantitative estimate of drug-likeness (QED) is 0.783. The fraction of sp³-hybridized carbons (Fsp3) is 1.00. The molecule has 0 bridgehead atoms. The van der Waals surface area contributed by atoms with E-state index in [1.54, 1.807) is 0 Å². The standard InChI is InChI=1S/C15H29NO2S/c1-3-12-4-5-14(11-16-15-6-7-15)13(10-12)8-9-19(2,17)18/h12-16H,3-11H2,1-2H3. The van der Waals surface area contributed by atoms with Crippen LogP contribution in [0.2, 0.25) is 0 Å². The fourth-order valence-corrected chi connectivity index (χ4v) is 4.12. The van der Waals surface area contributed by atoms with E-state index in [1.807, 2.05) is 0 Å². The molecule has 0 saturated heterocycles. The Hall–Kier alpha value is -0.0900. The summed E-state index contributed by atoms with van der Waals surface area (Å²) in [5, 5.41) is 3.64. The molecular formula is C15H29NO2S. The molecular weight excluding hydrogens is 258 g/mol. The zero-order valence-electron chi connectivity index (χ0n) is 12.4. The lowest BCUT2D eigenvalue weighted by molar-refractivity contribution is 0.168. The van der Waals surface area contributed by atoms with Crippen molar-refractivity contribution in [3.63, 3.8) is 0 Å². The van der Waals surface area contributed by atoms with Gasteiger partial charge < -0.3 is 5.32 Å². The van der Waals surface area contributed by atoms with E-state index in [4.69, 9.17) is 0 Å². The maximum Gasteiger partial charge on any atom is 0.147 e. The number of nitrogens with one attached hydrogen (secondary N) is 1. The van der Waals surface area contributed by atoms with Gasteiger partial charge in [-0.15, -0.1) is 0 Å². The molecule has 2 aliphatic rings. The van der Waals surface area contributed by atoms with E-state index in [9.17, 15) is 8.42 Å². The van der Waals surface area contributed by atoms with Crippen molar-refractivity contribution in [2.24, 2.45) is 17.8 Å². The van der Waals surface area contributed by atoms with Gasteiger partial charge in [-0.2, -0.15) is 0 Å². The van der Waals surface area contributed by atoms with Crippen molar-refractivity contribution in [1.29, 1.82) is 0 Å². The number of hydrogen-bond acceptors (Lipinski definition) is 3. The molecule has 0 spiro atoms. The first-order valence-corrected chi connectivity index (χ1v) is 9.95. The molecule has 0 radical (unpaired) electrons. The van der Waals surface area contributed by atoms with Crippen LogP contribution in [0.15, 0.2) is 0 Å². The Balaban J connectivity index is 1.85. The summed E-state index contributed by atoms with van der Waals surface area (Å²) in [5.41, 5.74) is 0. The molecule has 0 amide bonds. The average Bonchev–Trinajstić information content (AvgIpc) is 3.17. The van der Waals surface area contributed by atoms with Gasteiger partial charge in [-0.3, -0.25) is 0 Å². The van der Waals surface area contributed by atoms with Crippen LogP contribution >= 0.6 is 0 Å². The van der Waals surface area contributed by atoms with Crippen molar-refractivity contribution >= 4 is 9.84 Å². The zero-order chi connectivity index (χ0) is 13.9. The Kier molecular flexibility index (Phi) is 5.29. The largest absolute Gasteiger partial charge is 0.314 e. The molecule has 112 valence electrons. The zero-order valence-corrected chi connectivity index (χ0v) is 13.2. The van der Waals surface area contributed by atoms with Crippen molar-refractivity contribution < 1.29 is 8.42 Å². The maximum absolute atomic E-state index is 11.4. The minimum absolute atomic E-state index is 0.369. The minimum atomic E-state index is -2.81. The van der Waals surface area contributed by atoms with Crippen LogP contribution in [0.5, 0.6) is 0 Å². The minimum Gasteiger partial charge on any atom is -0.314 e. The molecule has 1 N–H and O–H groups in total. The van der Waals surface area contributed by atoms with Crippen molar-refractivity contribution in [1.82, 2.24) is 5.32 Å². The normalized spacial score (nSPS) is 32.4. The second-order valence-corrected chi connectivity index (χ2v) is 8.97. The summed E-state index contributed by atoms with van der Waals surface area (Å²) in [4.78, 5) is 0. The van der Waals surface area contributed by atoms with Crippen molar-refractivity contribution in [2.75, 3.05) is 18.6 Å². The van der Waals surface area contributed by atoms with Crippen LogP contribution in [0.25, 0.3) is 0 Å². The molecule has 0 heterocycles. The molecule has 3 nitrogen and oxygen atoms in total. The number of hydrogen-bond donors (Lipinski definition) is 1. The van der Waals surface area contributed by atoms with Gasteiger partial charge in [0.25, 0.3) is 0 Å². The van der Waals surface area contributed by atoms with Gasteiger partial charge in [-0.1, -0.05) is 19.8 Å². The summed E-state index contributed by atoms with van der Waals surface area (Å²) in [5.74, 6) is 2.50. The smallest absolute Gasteiger partial charge is 0.147 e. The SMILES string of the molecule is CCC1CCC(CNC2CC2)C(CCS(C)(=O)=O)C1. The molecule has 0 aromatic rings. The van der Waals surface area contributed by atoms with Crippen LogP contribution in [-0.4, -0.2) is 33.0 Å². The van der Waals surface area contributed by atoms with E-state index in [0.717, 1.165) is 24.9 Å². The van der Waals surface area contributed by atoms with Gasteiger partial charge in [0.05, 0.1) is 5.75 Å². The first kappa shape index (κ1) is 15.3. The molecule has 0 aromatic carbocycles. The van der Waals surface area contributed by atoms with Gasteiger partial charge in [-0.25, -0.2) is 8.42 Å². The van der Waals surface area contributed by atoms with Crippen LogP contribution < -0.4 is 5.32 Å². The van der Waals surface area contributed by atoms with Crippen LogP contribution in [0.3, 0.4) is 0 Å². The second-order valence-electron chi connectivity index (χ2n) is 6.71. The fourth-order valence-electron chi connectivity index (χ4n) is 3.39. The van der Waals surface area contributed by atoms with Gasteiger partial charge in [0, 0.05) is 12.3 Å². The highest BCUT2D eigenvalue weighted by Gasteiger charge is 2.31. The number of sulfone groups is 1.